The van der Waals surface area contributed by atoms with Gasteiger partial charge < -0.3 is 16.4 Å². The molecule has 2 atom stereocenters. The molecular weight excluding hydrogens is 414 g/mol. The fraction of sp³-hybridized carbons (Fsp3) is 0.333. The summed E-state index contributed by atoms with van der Waals surface area (Å²) in [6.45, 7) is 0. The number of anilines is 2. The Balaban J connectivity index is 1.58. The van der Waals surface area contributed by atoms with Crippen molar-refractivity contribution in [2.24, 2.45) is 5.73 Å². The molecule has 0 unspecified atom stereocenters. The van der Waals surface area contributed by atoms with Crippen molar-refractivity contribution in [2.75, 3.05) is 10.6 Å². The fourth-order valence-electron chi connectivity index (χ4n) is 3.32. The van der Waals surface area contributed by atoms with Crippen molar-refractivity contribution >= 4 is 50.2 Å². The average molecular weight is 434 g/mol. The standard InChI is InChI=1S/C18H20BrN5OS/c19-12-9-26-10-15(12)22-18(25)16-7-5-11-6-8-17(23-24(11)16)21-14-4-2-1-3-13(14)20/h5-10,13-14H,1-4,20H2,(H,21,23)(H,22,25)/t13-,14+/m0/s1. The maximum absolute atomic E-state index is 12.7. The van der Waals surface area contributed by atoms with E-state index < -0.39 is 0 Å². The van der Waals surface area contributed by atoms with E-state index in [4.69, 9.17) is 5.73 Å². The minimum atomic E-state index is -0.192. The van der Waals surface area contributed by atoms with Crippen molar-refractivity contribution in [1.29, 1.82) is 0 Å². The molecule has 0 aliphatic heterocycles. The first-order valence-corrected chi connectivity index (χ1v) is 10.4. The van der Waals surface area contributed by atoms with Crippen molar-refractivity contribution in [3.63, 3.8) is 0 Å². The second kappa shape index (κ2) is 7.38. The van der Waals surface area contributed by atoms with Crippen LogP contribution in [0.2, 0.25) is 0 Å². The number of rotatable bonds is 4. The van der Waals surface area contributed by atoms with Crippen LogP contribution in [0.1, 0.15) is 36.2 Å². The van der Waals surface area contributed by atoms with E-state index in [2.05, 4.69) is 31.7 Å². The first kappa shape index (κ1) is 17.5. The van der Waals surface area contributed by atoms with Crippen LogP contribution in [0, 0.1) is 0 Å². The molecule has 4 rings (SSSR count). The normalized spacial score (nSPS) is 20.2. The maximum Gasteiger partial charge on any atom is 0.274 e. The van der Waals surface area contributed by atoms with Crippen molar-refractivity contribution in [1.82, 2.24) is 9.61 Å². The maximum atomic E-state index is 12.7. The summed E-state index contributed by atoms with van der Waals surface area (Å²) in [6.07, 6.45) is 4.45. The molecule has 1 fully saturated rings. The largest absolute Gasteiger partial charge is 0.364 e. The number of amides is 1. The van der Waals surface area contributed by atoms with E-state index in [-0.39, 0.29) is 18.0 Å². The number of carbonyl (C=O) groups excluding carboxylic acids is 1. The molecule has 1 saturated carbocycles. The van der Waals surface area contributed by atoms with Gasteiger partial charge in [-0.25, -0.2) is 4.52 Å². The SMILES string of the molecule is N[C@H]1CCCC[C@H]1Nc1ccc2ccc(C(=O)Nc3cscc3Br)n2n1. The Hall–Kier alpha value is -1.90. The Morgan fingerprint density at radius 1 is 1.23 bits per heavy atom. The highest BCUT2D eigenvalue weighted by Crippen LogP contribution is 2.27. The van der Waals surface area contributed by atoms with Crippen molar-refractivity contribution in [2.45, 2.75) is 37.8 Å². The number of fused-ring (bicyclic) bond motifs is 1. The van der Waals surface area contributed by atoms with E-state index in [9.17, 15) is 4.79 Å². The van der Waals surface area contributed by atoms with E-state index >= 15 is 0 Å². The van der Waals surface area contributed by atoms with Crippen LogP contribution in [0.5, 0.6) is 0 Å². The number of nitrogens with zero attached hydrogens (tertiary/aromatic N) is 2. The predicted molar refractivity (Wildman–Crippen MR) is 109 cm³/mol. The van der Waals surface area contributed by atoms with E-state index in [1.54, 1.807) is 10.6 Å². The van der Waals surface area contributed by atoms with Crippen LogP contribution in [0.15, 0.2) is 39.5 Å². The second-order valence-corrected chi connectivity index (χ2v) is 8.16. The fourth-order valence-corrected chi connectivity index (χ4v) is 4.65. The third-order valence-electron chi connectivity index (χ3n) is 4.75. The number of thiophene rings is 1. The van der Waals surface area contributed by atoms with Crippen LogP contribution in [-0.4, -0.2) is 27.6 Å². The third kappa shape index (κ3) is 3.49. The molecule has 3 aromatic rings. The highest BCUT2D eigenvalue weighted by atomic mass is 79.9. The molecule has 136 valence electrons. The molecule has 1 aliphatic rings. The first-order valence-electron chi connectivity index (χ1n) is 8.66. The second-order valence-electron chi connectivity index (χ2n) is 6.56. The van der Waals surface area contributed by atoms with Crippen molar-refractivity contribution in [3.8, 4) is 0 Å². The highest BCUT2D eigenvalue weighted by Gasteiger charge is 2.22. The topological polar surface area (TPSA) is 84.4 Å². The van der Waals surface area contributed by atoms with E-state index in [0.717, 1.165) is 34.3 Å². The van der Waals surface area contributed by atoms with Gasteiger partial charge in [-0.1, -0.05) is 12.8 Å². The zero-order chi connectivity index (χ0) is 18.1. The van der Waals surface area contributed by atoms with Gasteiger partial charge in [0.25, 0.3) is 5.91 Å². The number of aromatic nitrogens is 2. The monoisotopic (exact) mass is 433 g/mol. The van der Waals surface area contributed by atoms with Crippen LogP contribution < -0.4 is 16.4 Å². The van der Waals surface area contributed by atoms with Crippen LogP contribution in [0.25, 0.3) is 5.52 Å². The van der Waals surface area contributed by atoms with Gasteiger partial charge in [-0.2, -0.15) is 0 Å². The molecule has 3 heterocycles. The highest BCUT2D eigenvalue weighted by molar-refractivity contribution is 9.10. The Labute approximate surface area is 163 Å². The van der Waals surface area contributed by atoms with Crippen LogP contribution >= 0.6 is 27.3 Å². The Bertz CT molecular complexity index is 937. The summed E-state index contributed by atoms with van der Waals surface area (Å²) in [5, 5.41) is 14.8. The minimum Gasteiger partial charge on any atom is -0.364 e. The summed E-state index contributed by atoms with van der Waals surface area (Å²) < 4.78 is 2.55. The predicted octanol–water partition coefficient (Wildman–Crippen LogP) is 4.09. The molecule has 6 nitrogen and oxygen atoms in total. The van der Waals surface area contributed by atoms with Gasteiger partial charge >= 0.3 is 0 Å². The van der Waals surface area contributed by atoms with Crippen molar-refractivity contribution in [3.05, 3.63) is 45.2 Å². The Morgan fingerprint density at radius 2 is 2.04 bits per heavy atom. The molecule has 0 bridgehead atoms. The van der Waals surface area contributed by atoms with Gasteiger partial charge in [-0.05, 0) is 53.0 Å². The van der Waals surface area contributed by atoms with E-state index in [0.29, 0.717) is 5.69 Å². The lowest BCUT2D eigenvalue weighted by Gasteiger charge is -2.29. The van der Waals surface area contributed by atoms with Gasteiger partial charge in [0.2, 0.25) is 0 Å². The molecule has 3 aromatic heterocycles. The van der Waals surface area contributed by atoms with Crippen LogP contribution in [-0.2, 0) is 0 Å². The molecular formula is C18H20BrN5OS. The number of halogens is 1. The van der Waals surface area contributed by atoms with Gasteiger partial charge in [0.15, 0.2) is 0 Å². The van der Waals surface area contributed by atoms with Crippen LogP contribution in [0.4, 0.5) is 11.5 Å². The summed E-state index contributed by atoms with van der Waals surface area (Å²) in [5.41, 5.74) is 8.35. The summed E-state index contributed by atoms with van der Waals surface area (Å²) in [4.78, 5) is 12.7. The van der Waals surface area contributed by atoms with Crippen molar-refractivity contribution < 1.29 is 4.79 Å². The number of hydrogen-bond acceptors (Lipinski definition) is 5. The summed E-state index contributed by atoms with van der Waals surface area (Å²) in [6, 6.07) is 7.94. The summed E-state index contributed by atoms with van der Waals surface area (Å²) >= 11 is 4.96. The number of nitrogens with one attached hydrogen (secondary N) is 2. The van der Waals surface area contributed by atoms with Crippen LogP contribution in [0.3, 0.4) is 0 Å². The lowest BCUT2D eigenvalue weighted by Crippen LogP contribution is -2.42. The first-order chi connectivity index (χ1) is 12.6. The average Bonchev–Trinajstić information content (AvgIpc) is 3.23. The Kier molecular flexibility index (Phi) is 4.97. The molecule has 0 aromatic carbocycles. The van der Waals surface area contributed by atoms with E-state index in [1.807, 2.05) is 29.0 Å². The molecule has 0 radical (unpaired) electrons. The molecule has 0 saturated heterocycles. The van der Waals surface area contributed by atoms with Gasteiger partial charge in [0.05, 0.1) is 15.7 Å². The molecule has 0 spiro atoms. The smallest absolute Gasteiger partial charge is 0.274 e. The van der Waals surface area contributed by atoms with E-state index in [1.165, 1.54) is 24.2 Å². The molecule has 1 aliphatic carbocycles. The number of carbonyl (C=O) groups is 1. The van der Waals surface area contributed by atoms with Gasteiger partial charge in [0, 0.05) is 22.8 Å². The lowest BCUT2D eigenvalue weighted by atomic mass is 9.91. The third-order valence-corrected chi connectivity index (χ3v) is 6.46. The number of hydrogen-bond donors (Lipinski definition) is 3. The number of nitrogens with two attached hydrogens (primary N) is 1. The molecule has 8 heteroatoms. The summed E-state index contributed by atoms with van der Waals surface area (Å²) in [5.74, 6) is 0.546. The van der Waals surface area contributed by atoms with Gasteiger partial charge in [-0.3, -0.25) is 4.79 Å². The van der Waals surface area contributed by atoms with Gasteiger partial charge in [-0.15, -0.1) is 16.4 Å². The summed E-state index contributed by atoms with van der Waals surface area (Å²) in [7, 11) is 0. The van der Waals surface area contributed by atoms with Gasteiger partial charge in [0.1, 0.15) is 11.5 Å². The lowest BCUT2D eigenvalue weighted by molar-refractivity contribution is 0.102. The quantitative estimate of drug-likeness (QED) is 0.578. The zero-order valence-corrected chi connectivity index (χ0v) is 16.5. The Morgan fingerprint density at radius 3 is 2.81 bits per heavy atom. The minimum absolute atomic E-state index is 0.143. The molecule has 4 N–H and O–H groups in total. The molecule has 26 heavy (non-hydrogen) atoms. The molecule has 1 amide bonds. The zero-order valence-electron chi connectivity index (χ0n) is 14.1.